The fourth-order valence-electron chi connectivity index (χ4n) is 1.32. The Balaban J connectivity index is 4.35. The minimum atomic E-state index is -3.51. The lowest BCUT2D eigenvalue weighted by molar-refractivity contribution is -0.192. The third kappa shape index (κ3) is 4.13. The topological polar surface area (TPSA) is 127 Å². The van der Waals surface area contributed by atoms with E-state index in [0.717, 1.165) is 19.3 Å². The maximum Gasteiger partial charge on any atom is 0.458 e. The Kier molecular flexibility index (Phi) is 7.40. The highest BCUT2D eigenvalue weighted by molar-refractivity contribution is 7.57. The van der Waals surface area contributed by atoms with Gasteiger partial charge in [-0.25, -0.2) is 0 Å². The number of rotatable bonds is 8. The van der Waals surface area contributed by atoms with E-state index in [4.69, 9.17) is 5.73 Å². The molecule has 8 heteroatoms. The maximum atomic E-state index is 10.7. The Labute approximate surface area is 96.6 Å². The van der Waals surface area contributed by atoms with Crippen molar-refractivity contribution >= 4 is 16.1 Å². The summed E-state index contributed by atoms with van der Waals surface area (Å²) in [5.74, 6) is 0. The van der Waals surface area contributed by atoms with Gasteiger partial charge in [-0.2, -0.15) is 0 Å². The van der Waals surface area contributed by atoms with E-state index in [2.05, 4.69) is 0 Å². The third-order valence-corrected chi connectivity index (χ3v) is 5.12. The van der Waals surface area contributed by atoms with Crippen molar-refractivity contribution in [2.75, 3.05) is 0 Å². The van der Waals surface area contributed by atoms with E-state index in [1.807, 2.05) is 6.92 Å². The van der Waals surface area contributed by atoms with Gasteiger partial charge in [0.15, 0.2) is 0 Å². The summed E-state index contributed by atoms with van der Waals surface area (Å²) in [7, 11) is -7.03. The summed E-state index contributed by atoms with van der Waals surface area (Å²) in [6.07, 6.45) is 3.58. The molecule has 16 heavy (non-hydrogen) atoms. The Morgan fingerprint density at radius 3 is 2.12 bits per heavy atom. The monoisotopic (exact) mass is 269 g/mol. The first kappa shape index (κ1) is 16.0. The molecular weight excluding hydrogens is 252 g/mol. The molecule has 6 nitrogen and oxygen atoms in total. The Hall–Kier alpha value is 0.0400. The second kappa shape index (κ2) is 7.38. The predicted octanol–water partition coefficient (Wildman–Crippen LogP) is 0.136. The highest BCUT2D eigenvalue weighted by Gasteiger charge is 2.60. The van der Waals surface area contributed by atoms with Gasteiger partial charge in [0.25, 0.3) is 0 Å². The van der Waals surface area contributed by atoms with Crippen LogP contribution in [0.25, 0.3) is 0 Å². The molecule has 0 aromatic rings. The molecule has 3 N–H and O–H groups in total. The van der Waals surface area contributed by atoms with E-state index in [-0.39, 0.29) is 6.42 Å². The maximum absolute atomic E-state index is 10.7. The fraction of sp³-hybridized carbons (Fsp3) is 1.00. The quantitative estimate of drug-likeness (QED) is 0.476. The Morgan fingerprint density at radius 1 is 1.25 bits per heavy atom. The zero-order valence-electron chi connectivity index (χ0n) is 9.16. The lowest BCUT2D eigenvalue weighted by atomic mass is 10.1. The standard InChI is InChI=1S/C8H17NO5P2/c1-2-3-4-5-6-7(9)8(10,15(11)12)16(13)14/h7,10H,2-6,9H2,1H3. The van der Waals surface area contributed by atoms with Crippen LogP contribution in [-0.2, 0) is 9.13 Å². The van der Waals surface area contributed by atoms with Crippen LogP contribution in [-0.4, -0.2) is 16.2 Å². The molecule has 0 heterocycles. The van der Waals surface area contributed by atoms with E-state index < -0.39 is 27.2 Å². The van der Waals surface area contributed by atoms with Crippen LogP contribution < -0.4 is 15.5 Å². The van der Waals surface area contributed by atoms with Gasteiger partial charge in [0.1, 0.15) is 6.04 Å². The molecule has 0 rings (SSSR count). The van der Waals surface area contributed by atoms with Crippen LogP contribution in [0.1, 0.15) is 39.0 Å². The number of aliphatic hydroxyl groups is 1. The van der Waals surface area contributed by atoms with Crippen LogP contribution in [0.15, 0.2) is 0 Å². The third-order valence-electron chi connectivity index (χ3n) is 2.40. The second-order valence-electron chi connectivity index (χ2n) is 3.66. The van der Waals surface area contributed by atoms with Gasteiger partial charge in [0, 0.05) is 0 Å². The first-order valence-electron chi connectivity index (χ1n) is 5.14. The van der Waals surface area contributed by atoms with Gasteiger partial charge in [-0.05, 0) is 6.42 Å². The van der Waals surface area contributed by atoms with Gasteiger partial charge in [0.2, 0.25) is 0 Å². The SMILES string of the molecule is CCCCCCC(N)C(O)([P+](=O)[O-])[P+](=O)[O-]. The first-order chi connectivity index (χ1) is 7.37. The second-order valence-corrected chi connectivity index (χ2v) is 6.40. The molecule has 0 saturated heterocycles. The van der Waals surface area contributed by atoms with Crippen molar-refractivity contribution in [3.05, 3.63) is 0 Å². The molecule has 0 bridgehead atoms. The number of nitrogens with two attached hydrogens (primary N) is 1. The van der Waals surface area contributed by atoms with Crippen LogP contribution in [0.2, 0.25) is 0 Å². The number of unbranched alkanes of at least 4 members (excludes halogenated alkanes) is 3. The first-order valence-corrected chi connectivity index (χ1v) is 7.49. The van der Waals surface area contributed by atoms with Gasteiger partial charge < -0.3 is 20.6 Å². The number of hydrogen-bond donors (Lipinski definition) is 2. The Morgan fingerprint density at radius 2 is 1.75 bits per heavy atom. The van der Waals surface area contributed by atoms with Crippen LogP contribution >= 0.6 is 16.1 Å². The molecule has 0 spiro atoms. The van der Waals surface area contributed by atoms with Crippen molar-refractivity contribution in [2.45, 2.75) is 50.2 Å². The highest BCUT2D eigenvalue weighted by atomic mass is 31.2. The average molecular weight is 269 g/mol. The molecule has 0 aliphatic heterocycles. The summed E-state index contributed by atoms with van der Waals surface area (Å²) < 4.78 is 21.4. The van der Waals surface area contributed by atoms with Gasteiger partial charge in [0.05, 0.1) is 0 Å². The van der Waals surface area contributed by atoms with Crippen molar-refractivity contribution in [3.63, 3.8) is 0 Å². The average Bonchev–Trinajstić information content (AvgIpc) is 2.22. The molecule has 94 valence electrons. The van der Waals surface area contributed by atoms with Gasteiger partial charge in [-0.3, -0.25) is 0 Å². The van der Waals surface area contributed by atoms with Gasteiger partial charge in [-0.1, -0.05) is 41.7 Å². The zero-order valence-corrected chi connectivity index (χ0v) is 11.0. The van der Waals surface area contributed by atoms with E-state index >= 15 is 0 Å². The number of hydrogen-bond acceptors (Lipinski definition) is 6. The van der Waals surface area contributed by atoms with Crippen molar-refractivity contribution in [2.24, 2.45) is 5.73 Å². The van der Waals surface area contributed by atoms with Crippen LogP contribution in [0, 0.1) is 0 Å². The van der Waals surface area contributed by atoms with Crippen molar-refractivity contribution in [3.8, 4) is 0 Å². The molecule has 0 fully saturated rings. The van der Waals surface area contributed by atoms with E-state index in [9.17, 15) is 24.0 Å². The molecular formula is C8H17NO5P2. The van der Waals surface area contributed by atoms with Crippen LogP contribution in [0.3, 0.4) is 0 Å². The molecule has 0 aliphatic carbocycles. The molecule has 0 aromatic carbocycles. The van der Waals surface area contributed by atoms with E-state index in [1.54, 1.807) is 0 Å². The lowest BCUT2D eigenvalue weighted by Gasteiger charge is -2.17. The summed E-state index contributed by atoms with van der Waals surface area (Å²) in [5.41, 5.74) is 5.42. The molecule has 0 radical (unpaired) electrons. The van der Waals surface area contributed by atoms with E-state index in [0.29, 0.717) is 6.42 Å². The summed E-state index contributed by atoms with van der Waals surface area (Å²) >= 11 is 0. The normalized spacial score (nSPS) is 18.8. The van der Waals surface area contributed by atoms with Gasteiger partial charge >= 0.3 is 21.1 Å². The van der Waals surface area contributed by atoms with Crippen molar-refractivity contribution in [1.82, 2.24) is 0 Å². The molecule has 0 saturated carbocycles. The summed E-state index contributed by atoms with van der Waals surface area (Å²) in [6, 6.07) is -1.29. The molecule has 0 amide bonds. The molecule has 0 aliphatic rings. The summed E-state index contributed by atoms with van der Waals surface area (Å²) in [4.78, 5) is 21.4. The van der Waals surface area contributed by atoms with Crippen molar-refractivity contribution in [1.29, 1.82) is 0 Å². The minimum Gasteiger partial charge on any atom is -0.589 e. The molecule has 3 unspecified atom stereocenters. The van der Waals surface area contributed by atoms with Crippen LogP contribution in [0.4, 0.5) is 0 Å². The zero-order chi connectivity index (χ0) is 12.8. The highest BCUT2D eigenvalue weighted by Crippen LogP contribution is 2.47. The molecule has 0 aromatic heterocycles. The predicted molar refractivity (Wildman–Crippen MR) is 56.9 cm³/mol. The minimum absolute atomic E-state index is 0.170. The lowest BCUT2D eigenvalue weighted by Crippen LogP contribution is -2.45. The Bertz CT molecular complexity index is 247. The van der Waals surface area contributed by atoms with Crippen molar-refractivity contribution < 1.29 is 24.0 Å². The smallest absolute Gasteiger partial charge is 0.458 e. The van der Waals surface area contributed by atoms with E-state index in [1.165, 1.54) is 0 Å². The van der Waals surface area contributed by atoms with Gasteiger partial charge in [-0.15, -0.1) is 0 Å². The van der Waals surface area contributed by atoms with Crippen LogP contribution in [0.5, 0.6) is 0 Å². The fourth-order valence-corrected chi connectivity index (χ4v) is 2.66. The largest absolute Gasteiger partial charge is 0.589 e. The molecule has 3 atom stereocenters. The summed E-state index contributed by atoms with van der Waals surface area (Å²) in [5, 5.41) is 6.66. The summed E-state index contributed by atoms with van der Waals surface area (Å²) in [6.45, 7) is 2.01.